The first-order chi connectivity index (χ1) is 10.8. The Labute approximate surface area is 131 Å². The van der Waals surface area contributed by atoms with Gasteiger partial charge < -0.3 is 10.1 Å². The zero-order valence-electron chi connectivity index (χ0n) is 12.9. The van der Waals surface area contributed by atoms with E-state index in [1.165, 1.54) is 5.56 Å². The molecule has 3 rings (SSSR count). The molecular weight excluding hydrogens is 272 g/mol. The first kappa shape index (κ1) is 14.4. The van der Waals surface area contributed by atoms with E-state index in [0.29, 0.717) is 0 Å². The quantitative estimate of drug-likeness (QED) is 0.733. The maximum Gasteiger partial charge on any atom is 0.118 e. The van der Waals surface area contributed by atoms with Crippen LogP contribution in [0.4, 0.5) is 5.69 Å². The Bertz CT molecular complexity index is 747. The Morgan fingerprint density at radius 3 is 2.55 bits per heavy atom. The topological polar surface area (TPSA) is 34.2 Å². The summed E-state index contributed by atoms with van der Waals surface area (Å²) in [5, 5.41) is 4.77. The minimum Gasteiger partial charge on any atom is -0.497 e. The summed E-state index contributed by atoms with van der Waals surface area (Å²) < 4.78 is 5.23. The average Bonchev–Trinajstić information content (AvgIpc) is 2.60. The number of hydrogen-bond donors (Lipinski definition) is 1. The van der Waals surface area contributed by atoms with Crippen LogP contribution in [0.15, 0.2) is 60.8 Å². The lowest BCUT2D eigenvalue weighted by atomic mass is 10.0. The van der Waals surface area contributed by atoms with Crippen molar-refractivity contribution in [3.8, 4) is 5.75 Å². The number of anilines is 1. The fourth-order valence-electron chi connectivity index (χ4n) is 2.67. The number of fused-ring (bicyclic) bond motifs is 1. The Balaban J connectivity index is 1.90. The van der Waals surface area contributed by atoms with E-state index in [4.69, 9.17) is 4.74 Å². The van der Waals surface area contributed by atoms with Crippen LogP contribution in [-0.4, -0.2) is 12.1 Å². The molecule has 3 nitrogen and oxygen atoms in total. The Morgan fingerprint density at radius 2 is 1.82 bits per heavy atom. The van der Waals surface area contributed by atoms with E-state index in [2.05, 4.69) is 53.6 Å². The number of hydrogen-bond acceptors (Lipinski definition) is 3. The van der Waals surface area contributed by atoms with E-state index in [-0.39, 0.29) is 6.04 Å². The molecule has 3 aromatic rings. The molecule has 1 unspecified atom stereocenters. The number of pyridine rings is 1. The summed E-state index contributed by atoms with van der Waals surface area (Å²) in [5.41, 5.74) is 3.33. The molecule has 112 valence electrons. The van der Waals surface area contributed by atoms with Crippen LogP contribution >= 0.6 is 0 Å². The van der Waals surface area contributed by atoms with Crippen molar-refractivity contribution in [3.05, 3.63) is 66.4 Å². The van der Waals surface area contributed by atoms with E-state index in [1.54, 1.807) is 7.11 Å². The first-order valence-corrected chi connectivity index (χ1v) is 7.56. The fraction of sp³-hybridized carbons (Fsp3) is 0.211. The third kappa shape index (κ3) is 2.89. The molecule has 22 heavy (non-hydrogen) atoms. The van der Waals surface area contributed by atoms with Crippen molar-refractivity contribution in [2.75, 3.05) is 12.4 Å². The van der Waals surface area contributed by atoms with E-state index in [1.807, 2.05) is 24.4 Å². The highest BCUT2D eigenvalue weighted by Crippen LogP contribution is 2.28. The SMILES string of the molecule is CCC(Nc1cccc2cccnc12)c1ccc(OC)cc1. The molecule has 0 aliphatic carbocycles. The number of methoxy groups -OCH3 is 1. The maximum atomic E-state index is 5.23. The van der Waals surface area contributed by atoms with Crippen molar-refractivity contribution in [2.45, 2.75) is 19.4 Å². The van der Waals surface area contributed by atoms with Crippen LogP contribution in [0.2, 0.25) is 0 Å². The molecule has 0 bridgehead atoms. The monoisotopic (exact) mass is 292 g/mol. The van der Waals surface area contributed by atoms with Crippen LogP contribution in [0.5, 0.6) is 5.75 Å². The van der Waals surface area contributed by atoms with Crippen molar-refractivity contribution in [1.82, 2.24) is 4.98 Å². The predicted molar refractivity (Wildman–Crippen MR) is 91.4 cm³/mol. The first-order valence-electron chi connectivity index (χ1n) is 7.56. The van der Waals surface area contributed by atoms with Crippen LogP contribution in [-0.2, 0) is 0 Å². The summed E-state index contributed by atoms with van der Waals surface area (Å²) in [4.78, 5) is 4.51. The lowest BCUT2D eigenvalue weighted by Gasteiger charge is -2.20. The summed E-state index contributed by atoms with van der Waals surface area (Å²) in [5.74, 6) is 0.880. The van der Waals surface area contributed by atoms with Gasteiger partial charge in [-0.25, -0.2) is 0 Å². The lowest BCUT2D eigenvalue weighted by Crippen LogP contribution is -2.10. The van der Waals surface area contributed by atoms with Crippen LogP contribution in [0.3, 0.4) is 0 Å². The highest BCUT2D eigenvalue weighted by Gasteiger charge is 2.11. The smallest absolute Gasteiger partial charge is 0.118 e. The summed E-state index contributed by atoms with van der Waals surface area (Å²) >= 11 is 0. The van der Waals surface area contributed by atoms with Crippen molar-refractivity contribution < 1.29 is 4.74 Å². The Kier molecular flexibility index (Phi) is 4.24. The van der Waals surface area contributed by atoms with Gasteiger partial charge in [-0.15, -0.1) is 0 Å². The van der Waals surface area contributed by atoms with Gasteiger partial charge in [-0.3, -0.25) is 4.98 Å². The van der Waals surface area contributed by atoms with Gasteiger partial charge in [-0.05, 0) is 36.2 Å². The van der Waals surface area contributed by atoms with Gasteiger partial charge in [-0.1, -0.05) is 37.3 Å². The molecule has 0 amide bonds. The molecule has 0 aliphatic heterocycles. The standard InChI is InChI=1S/C19H20N2O/c1-3-17(14-9-11-16(22-2)12-10-14)21-18-8-4-6-15-7-5-13-20-19(15)18/h4-13,17,21H,3H2,1-2H3. The van der Waals surface area contributed by atoms with Crippen molar-refractivity contribution in [3.63, 3.8) is 0 Å². The van der Waals surface area contributed by atoms with Gasteiger partial charge in [0.2, 0.25) is 0 Å². The van der Waals surface area contributed by atoms with Gasteiger partial charge in [0.05, 0.1) is 24.4 Å². The van der Waals surface area contributed by atoms with Crippen molar-refractivity contribution in [1.29, 1.82) is 0 Å². The minimum atomic E-state index is 0.249. The number of nitrogens with zero attached hydrogens (tertiary/aromatic N) is 1. The van der Waals surface area contributed by atoms with Gasteiger partial charge in [0.15, 0.2) is 0 Å². The molecule has 3 heteroatoms. The van der Waals surface area contributed by atoms with E-state index >= 15 is 0 Å². The van der Waals surface area contributed by atoms with Gasteiger partial charge in [0.25, 0.3) is 0 Å². The van der Waals surface area contributed by atoms with Crippen LogP contribution in [0.1, 0.15) is 24.9 Å². The summed E-state index contributed by atoms with van der Waals surface area (Å²) in [7, 11) is 1.69. The normalized spacial score (nSPS) is 12.1. The van der Waals surface area contributed by atoms with Gasteiger partial charge in [-0.2, -0.15) is 0 Å². The molecule has 2 aromatic carbocycles. The molecular formula is C19H20N2O. The molecule has 1 N–H and O–H groups in total. The lowest BCUT2D eigenvalue weighted by molar-refractivity contribution is 0.414. The molecule has 0 saturated carbocycles. The van der Waals surface area contributed by atoms with Crippen LogP contribution in [0.25, 0.3) is 10.9 Å². The number of ether oxygens (including phenoxy) is 1. The average molecular weight is 292 g/mol. The highest BCUT2D eigenvalue weighted by molar-refractivity contribution is 5.90. The van der Waals surface area contributed by atoms with Crippen molar-refractivity contribution >= 4 is 16.6 Å². The zero-order valence-corrected chi connectivity index (χ0v) is 12.9. The molecule has 0 saturated heterocycles. The minimum absolute atomic E-state index is 0.249. The number of aromatic nitrogens is 1. The largest absolute Gasteiger partial charge is 0.497 e. The molecule has 1 heterocycles. The summed E-state index contributed by atoms with van der Waals surface area (Å²) in [6.07, 6.45) is 2.83. The second-order valence-corrected chi connectivity index (χ2v) is 5.26. The molecule has 0 fully saturated rings. The Hall–Kier alpha value is -2.55. The molecule has 0 aliphatic rings. The fourth-order valence-corrected chi connectivity index (χ4v) is 2.67. The number of rotatable bonds is 5. The molecule has 0 radical (unpaired) electrons. The third-order valence-corrected chi connectivity index (χ3v) is 3.89. The Morgan fingerprint density at radius 1 is 1.05 bits per heavy atom. The van der Waals surface area contributed by atoms with E-state index in [0.717, 1.165) is 28.8 Å². The molecule has 1 aromatic heterocycles. The maximum absolute atomic E-state index is 5.23. The highest BCUT2D eigenvalue weighted by atomic mass is 16.5. The number of benzene rings is 2. The van der Waals surface area contributed by atoms with Gasteiger partial charge >= 0.3 is 0 Å². The summed E-state index contributed by atoms with van der Waals surface area (Å²) in [6, 6.07) is 18.8. The van der Waals surface area contributed by atoms with Crippen LogP contribution in [0, 0.1) is 0 Å². The third-order valence-electron chi connectivity index (χ3n) is 3.89. The van der Waals surface area contributed by atoms with E-state index < -0.39 is 0 Å². The van der Waals surface area contributed by atoms with Gasteiger partial charge in [0, 0.05) is 11.6 Å². The van der Waals surface area contributed by atoms with E-state index in [9.17, 15) is 0 Å². The number of para-hydroxylation sites is 1. The molecule has 0 spiro atoms. The van der Waals surface area contributed by atoms with Crippen LogP contribution < -0.4 is 10.1 Å². The van der Waals surface area contributed by atoms with Crippen molar-refractivity contribution in [2.24, 2.45) is 0 Å². The second-order valence-electron chi connectivity index (χ2n) is 5.26. The summed E-state index contributed by atoms with van der Waals surface area (Å²) in [6.45, 7) is 2.18. The zero-order chi connectivity index (χ0) is 15.4. The van der Waals surface area contributed by atoms with Gasteiger partial charge in [0.1, 0.15) is 5.75 Å². The second kappa shape index (κ2) is 6.48. The molecule has 1 atom stereocenters. The predicted octanol–water partition coefficient (Wildman–Crippen LogP) is 4.81. The number of nitrogens with one attached hydrogen (secondary N) is 1.